The molecule has 90 valence electrons. The number of ether oxygens (including phenoxy) is 1. The van der Waals surface area contributed by atoms with Gasteiger partial charge < -0.3 is 4.74 Å². The summed E-state index contributed by atoms with van der Waals surface area (Å²) in [5.41, 5.74) is 0. The molecule has 0 bridgehead atoms. The van der Waals surface area contributed by atoms with Crippen LogP contribution in [-0.4, -0.2) is 28.2 Å². The molecule has 4 heteroatoms. The molecule has 1 heterocycles. The van der Waals surface area contributed by atoms with E-state index in [2.05, 4.69) is 51.4 Å². The van der Waals surface area contributed by atoms with Gasteiger partial charge in [0.05, 0.1) is 15.2 Å². The molecule has 0 aromatic carbocycles. The predicted octanol–water partition coefficient (Wildman–Crippen LogP) is 2.18. The van der Waals surface area contributed by atoms with Crippen molar-refractivity contribution in [2.75, 3.05) is 7.11 Å². The topological polar surface area (TPSA) is 22.1 Å². The summed E-state index contributed by atoms with van der Waals surface area (Å²) in [6.07, 6.45) is 0. The van der Waals surface area contributed by atoms with Crippen LogP contribution in [0.4, 0.5) is 0 Å². The molecule has 16 heavy (non-hydrogen) atoms. The van der Waals surface area contributed by atoms with Crippen LogP contribution in [0.5, 0.6) is 5.88 Å². The maximum atomic E-state index is 5.45. The van der Waals surface area contributed by atoms with Crippen molar-refractivity contribution in [1.29, 1.82) is 0 Å². The maximum absolute atomic E-state index is 5.45. The second-order valence-corrected chi connectivity index (χ2v) is 16.3. The molecule has 1 aromatic rings. The Balaban J connectivity index is 3.28. The van der Waals surface area contributed by atoms with Gasteiger partial charge in [-0.2, -0.15) is 0 Å². The number of pyridine rings is 1. The smallest absolute Gasteiger partial charge is 0.211 e. The average Bonchev–Trinajstić information content (AvgIpc) is 2.14. The molecule has 0 aliphatic heterocycles. The third kappa shape index (κ3) is 2.95. The van der Waals surface area contributed by atoms with Gasteiger partial charge >= 0.3 is 0 Å². The quantitative estimate of drug-likeness (QED) is 0.770. The SMILES string of the molecule is COc1nc([Si](C)(C)C)ccc1[Si](C)(C)C. The summed E-state index contributed by atoms with van der Waals surface area (Å²) in [6, 6.07) is 4.42. The Hall–Kier alpha value is -0.616. The Morgan fingerprint density at radius 1 is 0.938 bits per heavy atom. The summed E-state index contributed by atoms with van der Waals surface area (Å²) in [5.74, 6) is 0.846. The first-order chi connectivity index (χ1) is 7.16. The van der Waals surface area contributed by atoms with E-state index in [0.717, 1.165) is 5.88 Å². The van der Waals surface area contributed by atoms with Crippen molar-refractivity contribution in [3.05, 3.63) is 12.1 Å². The van der Waals surface area contributed by atoms with Crippen molar-refractivity contribution in [2.45, 2.75) is 39.3 Å². The monoisotopic (exact) mass is 253 g/mol. The lowest BCUT2D eigenvalue weighted by Gasteiger charge is -2.22. The second kappa shape index (κ2) is 4.33. The van der Waals surface area contributed by atoms with Crippen LogP contribution in [0.2, 0.25) is 39.3 Å². The molecule has 0 N–H and O–H groups in total. The molecule has 2 nitrogen and oxygen atoms in total. The van der Waals surface area contributed by atoms with Crippen molar-refractivity contribution in [3.8, 4) is 5.88 Å². The highest BCUT2D eigenvalue weighted by Crippen LogP contribution is 2.11. The molecule has 0 saturated carbocycles. The van der Waals surface area contributed by atoms with Gasteiger partial charge in [-0.25, -0.2) is 4.98 Å². The van der Waals surface area contributed by atoms with Gasteiger partial charge in [0.15, 0.2) is 0 Å². The van der Waals surface area contributed by atoms with Crippen LogP contribution in [0.3, 0.4) is 0 Å². The lowest BCUT2D eigenvalue weighted by atomic mass is 10.5. The summed E-state index contributed by atoms with van der Waals surface area (Å²) >= 11 is 0. The van der Waals surface area contributed by atoms with E-state index in [1.165, 1.54) is 10.5 Å². The number of nitrogens with zero attached hydrogens (tertiary/aromatic N) is 1. The third-order valence-electron chi connectivity index (χ3n) is 2.63. The second-order valence-electron chi connectivity index (χ2n) is 6.25. The van der Waals surface area contributed by atoms with Gasteiger partial charge in [-0.1, -0.05) is 45.3 Å². The minimum absolute atomic E-state index is 0.846. The molecule has 1 aromatic heterocycles. The van der Waals surface area contributed by atoms with Crippen molar-refractivity contribution >= 4 is 26.7 Å². The third-order valence-corrected chi connectivity index (χ3v) is 6.44. The molecule has 0 radical (unpaired) electrons. The maximum Gasteiger partial charge on any atom is 0.211 e. The van der Waals surface area contributed by atoms with Gasteiger partial charge in [0.2, 0.25) is 5.88 Å². The number of aromatic nitrogens is 1. The summed E-state index contributed by atoms with van der Waals surface area (Å²) in [7, 11) is -0.969. The Morgan fingerprint density at radius 2 is 1.50 bits per heavy atom. The summed E-state index contributed by atoms with van der Waals surface area (Å²) < 4.78 is 5.45. The number of methoxy groups -OCH3 is 1. The van der Waals surface area contributed by atoms with Crippen LogP contribution in [-0.2, 0) is 0 Å². The minimum Gasteiger partial charge on any atom is -0.481 e. The van der Waals surface area contributed by atoms with Crippen LogP contribution in [0, 0.1) is 0 Å². The zero-order valence-electron chi connectivity index (χ0n) is 11.5. The largest absolute Gasteiger partial charge is 0.481 e. The molecular formula is C12H23NOSi2. The summed E-state index contributed by atoms with van der Waals surface area (Å²) in [6.45, 7) is 13.9. The van der Waals surface area contributed by atoms with E-state index >= 15 is 0 Å². The van der Waals surface area contributed by atoms with Crippen LogP contribution in [0.25, 0.3) is 0 Å². The molecule has 0 aliphatic carbocycles. The molecule has 0 spiro atoms. The van der Waals surface area contributed by atoms with E-state index in [1.54, 1.807) is 7.11 Å². The van der Waals surface area contributed by atoms with Crippen LogP contribution < -0.4 is 15.2 Å². The van der Waals surface area contributed by atoms with Crippen molar-refractivity contribution in [3.63, 3.8) is 0 Å². The van der Waals surface area contributed by atoms with Crippen molar-refractivity contribution in [1.82, 2.24) is 4.98 Å². The van der Waals surface area contributed by atoms with Gasteiger partial charge in [-0.05, 0) is 6.07 Å². The number of hydrogen-bond acceptors (Lipinski definition) is 2. The fourth-order valence-corrected chi connectivity index (χ4v) is 3.99. The Morgan fingerprint density at radius 3 is 1.88 bits per heavy atom. The molecule has 0 fully saturated rings. The van der Waals surface area contributed by atoms with Gasteiger partial charge in [0.1, 0.15) is 8.07 Å². The van der Waals surface area contributed by atoms with Crippen LogP contribution in [0.15, 0.2) is 12.1 Å². The molecule has 0 aliphatic rings. The number of rotatable bonds is 3. The fourth-order valence-electron chi connectivity index (χ4n) is 1.58. The van der Waals surface area contributed by atoms with E-state index < -0.39 is 16.1 Å². The Bertz CT molecular complexity index is 378. The van der Waals surface area contributed by atoms with E-state index in [-0.39, 0.29) is 0 Å². The molecule has 0 atom stereocenters. The standard InChI is InChI=1S/C12H23NOSi2/c1-14-12-10(15(2,3)4)8-9-11(13-12)16(5,6)7/h8-9H,1-7H3. The predicted molar refractivity (Wildman–Crippen MR) is 76.7 cm³/mol. The highest BCUT2D eigenvalue weighted by atomic mass is 28.3. The zero-order valence-corrected chi connectivity index (χ0v) is 13.5. The molecule has 1 rings (SSSR count). The number of hydrogen-bond donors (Lipinski definition) is 0. The first-order valence-corrected chi connectivity index (χ1v) is 12.7. The van der Waals surface area contributed by atoms with Gasteiger partial charge in [-0.15, -0.1) is 0 Å². The molecular weight excluding hydrogens is 230 g/mol. The first-order valence-electron chi connectivity index (χ1n) is 5.72. The summed E-state index contributed by atoms with van der Waals surface area (Å²) in [4.78, 5) is 4.70. The molecule has 0 unspecified atom stereocenters. The van der Waals surface area contributed by atoms with E-state index in [9.17, 15) is 0 Å². The zero-order chi connectivity index (χ0) is 12.6. The van der Waals surface area contributed by atoms with Crippen LogP contribution in [0.1, 0.15) is 0 Å². The highest BCUT2D eigenvalue weighted by Gasteiger charge is 2.25. The van der Waals surface area contributed by atoms with Crippen molar-refractivity contribution in [2.24, 2.45) is 0 Å². The van der Waals surface area contributed by atoms with E-state index in [4.69, 9.17) is 9.72 Å². The first kappa shape index (κ1) is 13.4. The Labute approximate surface area is 101 Å². The van der Waals surface area contributed by atoms with Gasteiger partial charge in [0.25, 0.3) is 0 Å². The summed E-state index contributed by atoms with van der Waals surface area (Å²) in [5, 5.41) is 2.54. The van der Waals surface area contributed by atoms with Crippen LogP contribution >= 0.6 is 0 Å². The lowest BCUT2D eigenvalue weighted by molar-refractivity contribution is 0.402. The van der Waals surface area contributed by atoms with Gasteiger partial charge in [0, 0.05) is 10.5 Å². The molecule has 0 amide bonds. The molecule has 0 saturated heterocycles. The van der Waals surface area contributed by atoms with Crippen molar-refractivity contribution < 1.29 is 4.74 Å². The van der Waals surface area contributed by atoms with E-state index in [1.807, 2.05) is 0 Å². The fraction of sp³-hybridized carbons (Fsp3) is 0.583. The van der Waals surface area contributed by atoms with E-state index in [0.29, 0.717) is 0 Å². The Kier molecular flexibility index (Phi) is 3.64. The lowest BCUT2D eigenvalue weighted by Crippen LogP contribution is -2.45. The van der Waals surface area contributed by atoms with Gasteiger partial charge in [-0.3, -0.25) is 0 Å². The highest BCUT2D eigenvalue weighted by molar-refractivity contribution is 6.90. The normalized spacial score (nSPS) is 12.7. The minimum atomic E-state index is -1.35. The average molecular weight is 253 g/mol.